The number of benzene rings is 1. The second kappa shape index (κ2) is 6.67. The van der Waals surface area contributed by atoms with Crippen LogP contribution >= 0.6 is 0 Å². The van der Waals surface area contributed by atoms with Crippen LogP contribution in [0.25, 0.3) is 0 Å². The van der Waals surface area contributed by atoms with Gasteiger partial charge in [0.15, 0.2) is 0 Å². The molecule has 3 heteroatoms. The number of amides is 1. The van der Waals surface area contributed by atoms with Crippen molar-refractivity contribution in [2.75, 3.05) is 7.11 Å². The molecular formula is C13H17NO2. The lowest BCUT2D eigenvalue weighted by Crippen LogP contribution is -2.35. The van der Waals surface area contributed by atoms with Gasteiger partial charge < -0.3 is 10.1 Å². The zero-order chi connectivity index (χ0) is 11.8. The maximum Gasteiger partial charge on any atom is 0.407 e. The summed E-state index contributed by atoms with van der Waals surface area (Å²) in [4.78, 5) is 11.1. The Bertz CT molecular complexity index is 335. The van der Waals surface area contributed by atoms with Gasteiger partial charge in [0.1, 0.15) is 0 Å². The quantitative estimate of drug-likeness (QED) is 0.773. The summed E-state index contributed by atoms with van der Waals surface area (Å²) in [6.07, 6.45) is 2.90. The predicted molar refractivity (Wildman–Crippen MR) is 64.3 cm³/mol. The highest BCUT2D eigenvalue weighted by atomic mass is 16.5. The fourth-order valence-electron chi connectivity index (χ4n) is 1.52. The molecule has 3 nitrogen and oxygen atoms in total. The van der Waals surface area contributed by atoms with E-state index in [9.17, 15) is 4.79 Å². The summed E-state index contributed by atoms with van der Waals surface area (Å²) >= 11 is 0. The molecule has 1 aromatic rings. The fourth-order valence-corrected chi connectivity index (χ4v) is 1.52. The lowest BCUT2D eigenvalue weighted by atomic mass is 10.0. The molecule has 1 unspecified atom stereocenters. The lowest BCUT2D eigenvalue weighted by molar-refractivity contribution is 0.166. The van der Waals surface area contributed by atoms with E-state index >= 15 is 0 Å². The molecule has 0 aliphatic carbocycles. The minimum Gasteiger partial charge on any atom is -0.453 e. The molecule has 1 amide bonds. The van der Waals surface area contributed by atoms with Gasteiger partial charge >= 0.3 is 6.09 Å². The number of ether oxygens (including phenoxy) is 1. The third kappa shape index (κ3) is 4.17. The Hall–Kier alpha value is -1.77. The number of nitrogens with one attached hydrogen (secondary N) is 1. The maximum atomic E-state index is 11.1. The van der Waals surface area contributed by atoms with E-state index < -0.39 is 6.09 Å². The number of methoxy groups -OCH3 is 1. The molecule has 0 heterocycles. The number of alkyl carbamates (subject to hydrolysis) is 1. The molecule has 0 aliphatic heterocycles. The van der Waals surface area contributed by atoms with Gasteiger partial charge in [0.2, 0.25) is 0 Å². The Morgan fingerprint density at radius 2 is 2.19 bits per heavy atom. The normalized spacial score (nSPS) is 11.6. The van der Waals surface area contributed by atoms with Crippen molar-refractivity contribution in [2.24, 2.45) is 0 Å². The highest BCUT2D eigenvalue weighted by Crippen LogP contribution is 2.06. The molecule has 0 radical (unpaired) electrons. The first-order valence-electron chi connectivity index (χ1n) is 5.25. The Morgan fingerprint density at radius 3 is 2.75 bits per heavy atom. The van der Waals surface area contributed by atoms with Crippen LogP contribution in [-0.4, -0.2) is 19.2 Å². The van der Waals surface area contributed by atoms with E-state index in [1.54, 1.807) is 6.08 Å². The van der Waals surface area contributed by atoms with Gasteiger partial charge in [-0.1, -0.05) is 36.4 Å². The van der Waals surface area contributed by atoms with Gasteiger partial charge in [0.05, 0.1) is 7.11 Å². The van der Waals surface area contributed by atoms with Gasteiger partial charge in [0.25, 0.3) is 0 Å². The van der Waals surface area contributed by atoms with Crippen molar-refractivity contribution < 1.29 is 9.53 Å². The van der Waals surface area contributed by atoms with Gasteiger partial charge in [-0.15, -0.1) is 6.58 Å². The van der Waals surface area contributed by atoms with Gasteiger partial charge in [-0.05, 0) is 18.4 Å². The van der Waals surface area contributed by atoms with E-state index in [1.165, 1.54) is 12.7 Å². The maximum absolute atomic E-state index is 11.1. The van der Waals surface area contributed by atoms with Gasteiger partial charge in [-0.3, -0.25) is 0 Å². The molecular weight excluding hydrogens is 202 g/mol. The highest BCUT2D eigenvalue weighted by Gasteiger charge is 2.11. The first-order chi connectivity index (χ1) is 7.76. The molecule has 16 heavy (non-hydrogen) atoms. The van der Waals surface area contributed by atoms with Crippen LogP contribution < -0.4 is 5.32 Å². The SMILES string of the molecule is C=CCC(Cc1ccccc1)NC(=O)OC. The number of hydrogen-bond acceptors (Lipinski definition) is 2. The Kier molecular flexibility index (Phi) is 5.12. The van der Waals surface area contributed by atoms with Crippen LogP contribution in [-0.2, 0) is 11.2 Å². The van der Waals surface area contributed by atoms with Gasteiger partial charge in [-0.2, -0.15) is 0 Å². The highest BCUT2D eigenvalue weighted by molar-refractivity contribution is 5.67. The zero-order valence-electron chi connectivity index (χ0n) is 9.48. The van der Waals surface area contributed by atoms with Crippen LogP contribution in [0.15, 0.2) is 43.0 Å². The van der Waals surface area contributed by atoms with Crippen LogP contribution in [0.2, 0.25) is 0 Å². The molecule has 0 saturated carbocycles. The van der Waals surface area contributed by atoms with Crippen molar-refractivity contribution in [2.45, 2.75) is 18.9 Å². The summed E-state index contributed by atoms with van der Waals surface area (Å²) in [5.74, 6) is 0. The topological polar surface area (TPSA) is 38.3 Å². The number of carbonyl (C=O) groups excluding carboxylic acids is 1. The fraction of sp³-hybridized carbons (Fsp3) is 0.308. The number of rotatable bonds is 5. The van der Waals surface area contributed by atoms with Gasteiger partial charge in [-0.25, -0.2) is 4.79 Å². The minimum atomic E-state index is -0.400. The summed E-state index contributed by atoms with van der Waals surface area (Å²) in [7, 11) is 1.36. The standard InChI is InChI=1S/C13H17NO2/c1-3-7-12(14-13(15)16-2)10-11-8-5-4-6-9-11/h3-6,8-9,12H,1,7,10H2,2H3,(H,14,15). The van der Waals surface area contributed by atoms with Crippen LogP contribution in [0.5, 0.6) is 0 Å². The van der Waals surface area contributed by atoms with Crippen molar-refractivity contribution in [3.8, 4) is 0 Å². The Morgan fingerprint density at radius 1 is 1.50 bits per heavy atom. The Labute approximate surface area is 96.1 Å². The molecule has 1 N–H and O–H groups in total. The number of carbonyl (C=O) groups is 1. The summed E-state index contributed by atoms with van der Waals surface area (Å²) < 4.78 is 4.58. The van der Waals surface area contributed by atoms with E-state index in [0.717, 1.165) is 12.8 Å². The van der Waals surface area contributed by atoms with Crippen LogP contribution in [0.4, 0.5) is 4.79 Å². The molecule has 86 valence electrons. The van der Waals surface area contributed by atoms with Crippen LogP contribution in [0.1, 0.15) is 12.0 Å². The van der Waals surface area contributed by atoms with Crippen molar-refractivity contribution in [1.29, 1.82) is 0 Å². The smallest absolute Gasteiger partial charge is 0.407 e. The Balaban J connectivity index is 2.57. The molecule has 0 fully saturated rings. The van der Waals surface area contributed by atoms with Crippen molar-refractivity contribution in [1.82, 2.24) is 5.32 Å². The summed E-state index contributed by atoms with van der Waals surface area (Å²) in [6.45, 7) is 3.68. The third-order valence-corrected chi connectivity index (χ3v) is 2.28. The van der Waals surface area contributed by atoms with E-state index in [1.807, 2.05) is 30.3 Å². The van der Waals surface area contributed by atoms with Crippen molar-refractivity contribution in [3.63, 3.8) is 0 Å². The van der Waals surface area contributed by atoms with E-state index in [4.69, 9.17) is 0 Å². The average Bonchev–Trinajstić information content (AvgIpc) is 2.30. The van der Waals surface area contributed by atoms with Crippen molar-refractivity contribution in [3.05, 3.63) is 48.6 Å². The first kappa shape index (κ1) is 12.3. The summed E-state index contributed by atoms with van der Waals surface area (Å²) in [6, 6.07) is 10.0. The van der Waals surface area contributed by atoms with E-state index in [2.05, 4.69) is 16.6 Å². The zero-order valence-corrected chi connectivity index (χ0v) is 9.48. The van der Waals surface area contributed by atoms with Crippen molar-refractivity contribution >= 4 is 6.09 Å². The van der Waals surface area contributed by atoms with Gasteiger partial charge in [0, 0.05) is 6.04 Å². The molecule has 0 aromatic heterocycles. The van der Waals surface area contributed by atoms with Crippen LogP contribution in [0, 0.1) is 0 Å². The first-order valence-corrected chi connectivity index (χ1v) is 5.25. The second-order valence-corrected chi connectivity index (χ2v) is 3.55. The largest absolute Gasteiger partial charge is 0.453 e. The molecule has 1 rings (SSSR count). The molecule has 1 atom stereocenters. The molecule has 1 aromatic carbocycles. The summed E-state index contributed by atoms with van der Waals surface area (Å²) in [5, 5.41) is 2.78. The van der Waals surface area contributed by atoms with E-state index in [0.29, 0.717) is 0 Å². The molecule has 0 aliphatic rings. The monoisotopic (exact) mass is 219 g/mol. The predicted octanol–water partition coefficient (Wildman–Crippen LogP) is 2.53. The van der Waals surface area contributed by atoms with Crippen LogP contribution in [0.3, 0.4) is 0 Å². The minimum absolute atomic E-state index is 0.0346. The lowest BCUT2D eigenvalue weighted by Gasteiger charge is -2.16. The van der Waals surface area contributed by atoms with E-state index in [-0.39, 0.29) is 6.04 Å². The molecule has 0 saturated heterocycles. The third-order valence-electron chi connectivity index (χ3n) is 2.28. The second-order valence-electron chi connectivity index (χ2n) is 3.55. The molecule has 0 bridgehead atoms. The molecule has 0 spiro atoms. The number of hydrogen-bond donors (Lipinski definition) is 1. The average molecular weight is 219 g/mol. The summed E-state index contributed by atoms with van der Waals surface area (Å²) in [5.41, 5.74) is 1.19.